The lowest BCUT2D eigenvalue weighted by molar-refractivity contribution is -0.113. The Morgan fingerprint density at radius 1 is 1.70 bits per heavy atom. The van der Waals surface area contributed by atoms with E-state index >= 15 is 0 Å². The molecule has 0 radical (unpaired) electrons. The Morgan fingerprint density at radius 2 is 2.50 bits per heavy atom. The fourth-order valence-corrected chi connectivity index (χ4v) is 0.619. The van der Waals surface area contributed by atoms with Gasteiger partial charge in [0.15, 0.2) is 0 Å². The first-order valence-corrected chi connectivity index (χ1v) is 2.89. The molecule has 0 aliphatic heterocycles. The van der Waals surface area contributed by atoms with Crippen LogP contribution in [0.25, 0.3) is 6.08 Å². The summed E-state index contributed by atoms with van der Waals surface area (Å²) in [7, 11) is 0. The van der Waals surface area contributed by atoms with Crippen LogP contribution in [0.2, 0.25) is 0 Å². The molecule has 0 aliphatic carbocycles. The quantitative estimate of drug-likeness (QED) is 0.572. The van der Waals surface area contributed by atoms with Crippen LogP contribution in [0.4, 0.5) is 0 Å². The molecule has 0 fully saturated rings. The number of H-pyrrole nitrogens is 1. The number of carbonyl (C=O) groups excluding carboxylic acids is 1. The number of nitrogens with two attached hydrogens (primary N) is 1. The molecular weight excluding hydrogens is 128 g/mol. The van der Waals surface area contributed by atoms with Crippen molar-refractivity contribution in [2.75, 3.05) is 0 Å². The summed E-state index contributed by atoms with van der Waals surface area (Å²) in [6.07, 6.45) is 6.53. The van der Waals surface area contributed by atoms with E-state index in [9.17, 15) is 4.79 Å². The summed E-state index contributed by atoms with van der Waals surface area (Å²) in [5.74, 6) is -0.429. The molecule has 0 saturated carbocycles. The van der Waals surface area contributed by atoms with Crippen molar-refractivity contribution in [3.05, 3.63) is 30.1 Å². The monoisotopic (exact) mass is 136 g/mol. The topological polar surface area (TPSA) is 58.9 Å². The van der Waals surface area contributed by atoms with Crippen LogP contribution >= 0.6 is 0 Å². The van der Waals surface area contributed by atoms with Gasteiger partial charge in [-0.2, -0.15) is 0 Å². The fourth-order valence-electron chi connectivity index (χ4n) is 0.619. The number of carbonyl (C=O) groups is 1. The third kappa shape index (κ3) is 1.78. The van der Waals surface area contributed by atoms with Gasteiger partial charge in [-0.3, -0.25) is 4.79 Å². The summed E-state index contributed by atoms with van der Waals surface area (Å²) in [5, 5.41) is 0. The van der Waals surface area contributed by atoms with Gasteiger partial charge in [-0.15, -0.1) is 0 Å². The molecular formula is C7H8N2O. The van der Waals surface area contributed by atoms with E-state index in [1.54, 1.807) is 18.5 Å². The Hall–Kier alpha value is -1.51. The standard InChI is InChI=1S/C7H8N2O/c8-7(10)2-1-6-3-4-9-5-6/h1-5,9H,(H2,8,10)/b2-1+. The van der Waals surface area contributed by atoms with Crippen LogP contribution in [0.1, 0.15) is 5.56 Å². The molecule has 0 saturated heterocycles. The number of hydrogen-bond acceptors (Lipinski definition) is 1. The van der Waals surface area contributed by atoms with Gasteiger partial charge in [-0.1, -0.05) is 0 Å². The first-order valence-electron chi connectivity index (χ1n) is 2.89. The van der Waals surface area contributed by atoms with E-state index in [-0.39, 0.29) is 0 Å². The zero-order valence-electron chi connectivity index (χ0n) is 5.37. The molecule has 1 amide bonds. The van der Waals surface area contributed by atoms with Crippen LogP contribution in [-0.4, -0.2) is 10.9 Å². The lowest BCUT2D eigenvalue weighted by atomic mass is 10.3. The predicted octanol–water partition coefficient (Wildman–Crippen LogP) is 0.513. The largest absolute Gasteiger partial charge is 0.367 e. The van der Waals surface area contributed by atoms with Crippen LogP contribution in [0.5, 0.6) is 0 Å². The smallest absolute Gasteiger partial charge is 0.241 e. The lowest BCUT2D eigenvalue weighted by Crippen LogP contribution is -2.04. The molecule has 3 N–H and O–H groups in total. The van der Waals surface area contributed by atoms with Gasteiger partial charge in [-0.25, -0.2) is 0 Å². The van der Waals surface area contributed by atoms with Crippen molar-refractivity contribution >= 4 is 12.0 Å². The molecule has 3 heteroatoms. The van der Waals surface area contributed by atoms with Gasteiger partial charge >= 0.3 is 0 Å². The van der Waals surface area contributed by atoms with Crippen molar-refractivity contribution in [3.8, 4) is 0 Å². The van der Waals surface area contributed by atoms with Crippen molar-refractivity contribution in [1.29, 1.82) is 0 Å². The van der Waals surface area contributed by atoms with E-state index in [1.165, 1.54) is 6.08 Å². The second-order valence-electron chi connectivity index (χ2n) is 1.88. The van der Waals surface area contributed by atoms with Crippen LogP contribution in [-0.2, 0) is 4.79 Å². The summed E-state index contributed by atoms with van der Waals surface area (Å²) in [5.41, 5.74) is 5.82. The van der Waals surface area contributed by atoms with Gasteiger partial charge in [0.1, 0.15) is 0 Å². The Labute approximate surface area is 58.5 Å². The molecule has 0 aliphatic rings. The van der Waals surface area contributed by atoms with E-state index in [2.05, 4.69) is 4.98 Å². The first kappa shape index (κ1) is 6.61. The number of amides is 1. The molecule has 1 aromatic rings. The van der Waals surface area contributed by atoms with Crippen LogP contribution in [0.3, 0.4) is 0 Å². The second kappa shape index (κ2) is 2.87. The summed E-state index contributed by atoms with van der Waals surface area (Å²) in [6, 6.07) is 1.85. The summed E-state index contributed by atoms with van der Waals surface area (Å²) in [6.45, 7) is 0. The summed E-state index contributed by atoms with van der Waals surface area (Å²) >= 11 is 0. The average molecular weight is 136 g/mol. The molecule has 0 atom stereocenters. The Balaban J connectivity index is 2.64. The SMILES string of the molecule is NC(=O)/C=C/c1cc[nH]c1. The molecule has 0 aromatic carbocycles. The lowest BCUT2D eigenvalue weighted by Gasteiger charge is -1.79. The van der Waals surface area contributed by atoms with Crippen molar-refractivity contribution in [2.24, 2.45) is 5.73 Å². The number of hydrogen-bond donors (Lipinski definition) is 2. The van der Waals surface area contributed by atoms with Gasteiger partial charge in [0.25, 0.3) is 0 Å². The average Bonchev–Trinajstić information content (AvgIpc) is 2.34. The van der Waals surface area contributed by atoms with Crippen LogP contribution in [0, 0.1) is 0 Å². The predicted molar refractivity (Wildman–Crippen MR) is 39.0 cm³/mol. The van der Waals surface area contributed by atoms with Crippen LogP contribution in [0.15, 0.2) is 24.5 Å². The summed E-state index contributed by atoms with van der Waals surface area (Å²) < 4.78 is 0. The highest BCUT2D eigenvalue weighted by Crippen LogP contribution is 1.97. The Kier molecular flexibility index (Phi) is 1.89. The molecule has 1 rings (SSSR count). The zero-order chi connectivity index (χ0) is 7.40. The molecule has 3 nitrogen and oxygen atoms in total. The highest BCUT2D eigenvalue weighted by Gasteiger charge is 1.85. The van der Waals surface area contributed by atoms with Crippen LogP contribution < -0.4 is 5.73 Å². The number of rotatable bonds is 2. The molecule has 52 valence electrons. The highest BCUT2D eigenvalue weighted by molar-refractivity contribution is 5.90. The van der Waals surface area contributed by atoms with Crippen molar-refractivity contribution in [2.45, 2.75) is 0 Å². The molecule has 0 spiro atoms. The third-order valence-electron chi connectivity index (χ3n) is 1.06. The van der Waals surface area contributed by atoms with Gasteiger partial charge in [0.05, 0.1) is 0 Å². The molecule has 0 bridgehead atoms. The van der Waals surface area contributed by atoms with Crippen molar-refractivity contribution in [3.63, 3.8) is 0 Å². The maximum Gasteiger partial charge on any atom is 0.241 e. The van der Waals surface area contributed by atoms with E-state index < -0.39 is 5.91 Å². The van der Waals surface area contributed by atoms with Crippen molar-refractivity contribution < 1.29 is 4.79 Å². The third-order valence-corrected chi connectivity index (χ3v) is 1.06. The Bertz CT molecular complexity index is 236. The minimum absolute atomic E-state index is 0.429. The van der Waals surface area contributed by atoms with E-state index in [0.717, 1.165) is 5.56 Å². The van der Waals surface area contributed by atoms with Gasteiger partial charge < -0.3 is 10.7 Å². The number of nitrogens with one attached hydrogen (secondary N) is 1. The number of aromatic nitrogens is 1. The molecule has 0 unspecified atom stereocenters. The second-order valence-corrected chi connectivity index (χ2v) is 1.88. The van der Waals surface area contributed by atoms with Gasteiger partial charge in [-0.05, 0) is 17.7 Å². The first-order chi connectivity index (χ1) is 4.79. The maximum absolute atomic E-state index is 10.2. The fraction of sp³-hybridized carbons (Fsp3) is 0. The molecule has 1 heterocycles. The van der Waals surface area contributed by atoms with E-state index in [1.807, 2.05) is 6.07 Å². The number of aromatic amines is 1. The maximum atomic E-state index is 10.2. The van der Waals surface area contributed by atoms with Crippen molar-refractivity contribution in [1.82, 2.24) is 4.98 Å². The van der Waals surface area contributed by atoms with Gasteiger partial charge in [0.2, 0.25) is 5.91 Å². The minimum atomic E-state index is -0.429. The molecule has 10 heavy (non-hydrogen) atoms. The Morgan fingerprint density at radius 3 is 3.00 bits per heavy atom. The number of primary amides is 1. The van der Waals surface area contributed by atoms with Gasteiger partial charge in [0, 0.05) is 18.5 Å². The molecule has 1 aromatic heterocycles. The normalized spacial score (nSPS) is 10.4. The highest BCUT2D eigenvalue weighted by atomic mass is 16.1. The van der Waals surface area contributed by atoms with E-state index in [4.69, 9.17) is 5.73 Å². The minimum Gasteiger partial charge on any atom is -0.367 e. The zero-order valence-corrected chi connectivity index (χ0v) is 5.37. The summed E-state index contributed by atoms with van der Waals surface area (Å²) in [4.78, 5) is 13.1. The van der Waals surface area contributed by atoms with E-state index in [0.29, 0.717) is 0 Å².